The first-order valence-corrected chi connectivity index (χ1v) is 8.62. The molecule has 0 N–H and O–H groups in total. The second-order valence-corrected chi connectivity index (χ2v) is 5.48. The Balaban J connectivity index is 2.82. The summed E-state index contributed by atoms with van der Waals surface area (Å²) in [6.07, 6.45) is 12.4. The number of terminal acetylenes is 1. The van der Waals surface area contributed by atoms with Gasteiger partial charge in [-0.15, -0.1) is 12.3 Å². The van der Waals surface area contributed by atoms with Crippen LogP contribution in [0.5, 0.6) is 0 Å². The molecular weight excluding hydrogens is 314 g/mol. The maximum Gasteiger partial charge on any atom is 0.305 e. The Bertz CT molecular complexity index is 594. The van der Waals surface area contributed by atoms with E-state index in [1.807, 2.05) is 6.07 Å². The molecule has 1 aromatic rings. The Morgan fingerprint density at radius 1 is 1.24 bits per heavy atom. The van der Waals surface area contributed by atoms with Gasteiger partial charge >= 0.3 is 5.97 Å². The van der Waals surface area contributed by atoms with Gasteiger partial charge < -0.3 is 9.64 Å². The molecule has 1 aromatic heterocycles. The SMILES string of the molecule is C#CCCCCN(CCCC(=O)OCC)c1nc(C=C)cc(C=C)n1. The van der Waals surface area contributed by atoms with E-state index in [2.05, 4.69) is 33.9 Å². The predicted octanol–water partition coefficient (Wildman–Crippen LogP) is 3.72. The normalized spacial score (nSPS) is 9.92. The summed E-state index contributed by atoms with van der Waals surface area (Å²) in [5.74, 6) is 3.10. The number of carbonyl (C=O) groups is 1. The lowest BCUT2D eigenvalue weighted by Crippen LogP contribution is -2.28. The van der Waals surface area contributed by atoms with Crippen LogP contribution in [-0.4, -0.2) is 35.6 Å². The summed E-state index contributed by atoms with van der Waals surface area (Å²) in [6.45, 7) is 11.2. The van der Waals surface area contributed by atoms with Gasteiger partial charge in [-0.2, -0.15) is 0 Å². The van der Waals surface area contributed by atoms with Crippen molar-refractivity contribution in [3.8, 4) is 12.3 Å². The minimum atomic E-state index is -0.178. The zero-order valence-corrected chi connectivity index (χ0v) is 15.0. The Kier molecular flexibility index (Phi) is 9.69. The Labute approximate surface area is 150 Å². The largest absolute Gasteiger partial charge is 0.466 e. The number of unbranched alkanes of at least 4 members (excludes halogenated alkanes) is 2. The second kappa shape index (κ2) is 11.9. The van der Waals surface area contributed by atoms with Crippen molar-refractivity contribution in [3.63, 3.8) is 0 Å². The Morgan fingerprint density at radius 3 is 2.44 bits per heavy atom. The average molecular weight is 341 g/mol. The monoisotopic (exact) mass is 341 g/mol. The molecule has 0 aliphatic rings. The molecule has 5 nitrogen and oxygen atoms in total. The van der Waals surface area contributed by atoms with Crippen molar-refractivity contribution in [2.75, 3.05) is 24.6 Å². The molecule has 1 rings (SSSR count). The molecule has 0 aliphatic heterocycles. The van der Waals surface area contributed by atoms with Gasteiger partial charge in [0, 0.05) is 25.9 Å². The molecule has 134 valence electrons. The molecular formula is C20H27N3O2. The van der Waals surface area contributed by atoms with Gasteiger partial charge in [0.2, 0.25) is 5.95 Å². The Hall–Kier alpha value is -2.61. The predicted molar refractivity (Wildman–Crippen MR) is 103 cm³/mol. The smallest absolute Gasteiger partial charge is 0.305 e. The third-order valence-corrected chi connectivity index (χ3v) is 3.57. The van der Waals surface area contributed by atoms with E-state index >= 15 is 0 Å². The van der Waals surface area contributed by atoms with Crippen LogP contribution in [0.15, 0.2) is 19.2 Å². The van der Waals surface area contributed by atoms with Gasteiger partial charge in [-0.05, 0) is 44.4 Å². The van der Waals surface area contributed by atoms with Crippen molar-refractivity contribution in [2.45, 2.75) is 39.0 Å². The summed E-state index contributed by atoms with van der Waals surface area (Å²) in [5.41, 5.74) is 1.50. The minimum absolute atomic E-state index is 0.178. The molecule has 1 heterocycles. The molecule has 5 heteroatoms. The van der Waals surface area contributed by atoms with Gasteiger partial charge in [0.05, 0.1) is 18.0 Å². The first-order valence-electron chi connectivity index (χ1n) is 8.62. The highest BCUT2D eigenvalue weighted by Gasteiger charge is 2.12. The van der Waals surface area contributed by atoms with E-state index in [1.54, 1.807) is 19.1 Å². The van der Waals surface area contributed by atoms with Crippen molar-refractivity contribution in [3.05, 3.63) is 30.6 Å². The molecule has 0 saturated heterocycles. The van der Waals surface area contributed by atoms with Gasteiger partial charge in [-0.3, -0.25) is 4.79 Å². The van der Waals surface area contributed by atoms with Crippen LogP contribution in [0.25, 0.3) is 12.2 Å². The van der Waals surface area contributed by atoms with Crippen molar-refractivity contribution in [2.24, 2.45) is 0 Å². The third kappa shape index (κ3) is 7.67. The lowest BCUT2D eigenvalue weighted by atomic mass is 10.2. The maximum absolute atomic E-state index is 11.5. The van der Waals surface area contributed by atoms with Crippen LogP contribution in [0.3, 0.4) is 0 Å². The number of hydrogen-bond acceptors (Lipinski definition) is 5. The van der Waals surface area contributed by atoms with Crippen LogP contribution >= 0.6 is 0 Å². The van der Waals surface area contributed by atoms with Crippen LogP contribution in [-0.2, 0) is 9.53 Å². The molecule has 0 unspecified atom stereocenters. The second-order valence-electron chi connectivity index (χ2n) is 5.48. The number of carbonyl (C=O) groups excluding carboxylic acids is 1. The zero-order chi connectivity index (χ0) is 18.5. The number of anilines is 1. The van der Waals surface area contributed by atoms with Crippen molar-refractivity contribution >= 4 is 24.1 Å². The first-order chi connectivity index (χ1) is 12.1. The third-order valence-electron chi connectivity index (χ3n) is 3.57. The molecule has 0 saturated carbocycles. The van der Waals surface area contributed by atoms with E-state index in [0.717, 1.165) is 37.2 Å². The summed E-state index contributed by atoms with van der Waals surface area (Å²) in [6, 6.07) is 1.83. The van der Waals surface area contributed by atoms with Crippen LogP contribution < -0.4 is 4.90 Å². The fourth-order valence-corrected chi connectivity index (χ4v) is 2.31. The van der Waals surface area contributed by atoms with E-state index in [0.29, 0.717) is 31.9 Å². The quantitative estimate of drug-likeness (QED) is 0.329. The van der Waals surface area contributed by atoms with Crippen LogP contribution in [0.1, 0.15) is 50.4 Å². The van der Waals surface area contributed by atoms with Crippen LogP contribution in [0.2, 0.25) is 0 Å². The molecule has 0 bridgehead atoms. The molecule has 0 spiro atoms. The van der Waals surface area contributed by atoms with Gasteiger partial charge in [0.25, 0.3) is 0 Å². The number of hydrogen-bond donors (Lipinski definition) is 0. The molecule has 0 aromatic carbocycles. The molecule has 0 atom stereocenters. The number of rotatable bonds is 12. The van der Waals surface area contributed by atoms with Gasteiger partial charge in [0.15, 0.2) is 0 Å². The standard InChI is InChI=1S/C20H27N3O2/c1-5-9-10-11-14-23(15-12-13-19(24)25-8-4)20-21-17(6-2)16-18(7-3)22-20/h1,6-7,16H,2-3,8-15H2,4H3. The molecule has 0 amide bonds. The summed E-state index contributed by atoms with van der Waals surface area (Å²) in [4.78, 5) is 22.7. The minimum Gasteiger partial charge on any atom is -0.466 e. The first kappa shape index (κ1) is 20.4. The van der Waals surface area contributed by atoms with E-state index in [-0.39, 0.29) is 5.97 Å². The number of aromatic nitrogens is 2. The molecule has 25 heavy (non-hydrogen) atoms. The summed E-state index contributed by atoms with van der Waals surface area (Å²) < 4.78 is 4.98. The van der Waals surface area contributed by atoms with E-state index in [1.165, 1.54) is 0 Å². The summed E-state index contributed by atoms with van der Waals surface area (Å²) in [5, 5.41) is 0. The lowest BCUT2D eigenvalue weighted by molar-refractivity contribution is -0.143. The number of nitrogens with zero attached hydrogens (tertiary/aromatic N) is 3. The fraction of sp³-hybridized carbons (Fsp3) is 0.450. The molecule has 0 fully saturated rings. The average Bonchev–Trinajstić information content (AvgIpc) is 2.63. The van der Waals surface area contributed by atoms with E-state index in [4.69, 9.17) is 11.2 Å². The van der Waals surface area contributed by atoms with Crippen LogP contribution in [0.4, 0.5) is 5.95 Å². The fourth-order valence-electron chi connectivity index (χ4n) is 2.31. The molecule has 0 aliphatic carbocycles. The summed E-state index contributed by atoms with van der Waals surface area (Å²) in [7, 11) is 0. The van der Waals surface area contributed by atoms with Crippen LogP contribution in [0, 0.1) is 12.3 Å². The van der Waals surface area contributed by atoms with Gasteiger partial charge in [-0.1, -0.05) is 13.2 Å². The van der Waals surface area contributed by atoms with Gasteiger partial charge in [-0.25, -0.2) is 9.97 Å². The highest BCUT2D eigenvalue weighted by Crippen LogP contribution is 2.15. The topological polar surface area (TPSA) is 55.3 Å². The maximum atomic E-state index is 11.5. The van der Waals surface area contributed by atoms with Gasteiger partial charge in [0.1, 0.15) is 0 Å². The van der Waals surface area contributed by atoms with Crippen molar-refractivity contribution < 1.29 is 9.53 Å². The molecule has 0 radical (unpaired) electrons. The van der Waals surface area contributed by atoms with Crippen molar-refractivity contribution in [1.82, 2.24) is 9.97 Å². The Morgan fingerprint density at radius 2 is 1.88 bits per heavy atom. The highest BCUT2D eigenvalue weighted by molar-refractivity contribution is 5.69. The number of esters is 1. The number of ether oxygens (including phenoxy) is 1. The van der Waals surface area contributed by atoms with Crippen molar-refractivity contribution in [1.29, 1.82) is 0 Å². The van der Waals surface area contributed by atoms with E-state index in [9.17, 15) is 4.79 Å². The van der Waals surface area contributed by atoms with E-state index < -0.39 is 0 Å². The lowest BCUT2D eigenvalue weighted by Gasteiger charge is -2.23. The summed E-state index contributed by atoms with van der Waals surface area (Å²) >= 11 is 0. The highest BCUT2D eigenvalue weighted by atomic mass is 16.5. The zero-order valence-electron chi connectivity index (χ0n) is 15.0.